The second-order valence-corrected chi connectivity index (χ2v) is 8.74. The maximum Gasteiger partial charge on any atom is 0.339 e. The van der Waals surface area contributed by atoms with E-state index < -0.39 is 5.97 Å². The molecule has 0 radical (unpaired) electrons. The Bertz CT molecular complexity index is 1160. The molecule has 0 atom stereocenters. The van der Waals surface area contributed by atoms with Gasteiger partial charge in [0.2, 0.25) is 5.89 Å². The molecule has 4 rings (SSSR count). The van der Waals surface area contributed by atoms with E-state index >= 15 is 0 Å². The number of halogens is 1. The van der Waals surface area contributed by atoms with Crippen LogP contribution >= 0.6 is 34.7 Å². The maximum absolute atomic E-state index is 12.6. The Morgan fingerprint density at radius 1 is 1.17 bits per heavy atom. The van der Waals surface area contributed by atoms with E-state index in [0.717, 1.165) is 21.2 Å². The molecule has 0 spiro atoms. The van der Waals surface area contributed by atoms with Crippen molar-refractivity contribution in [2.45, 2.75) is 24.2 Å². The summed E-state index contributed by atoms with van der Waals surface area (Å²) in [6, 6.07) is 14.4. The summed E-state index contributed by atoms with van der Waals surface area (Å²) >= 11 is 9.05. The lowest BCUT2D eigenvalue weighted by molar-refractivity contribution is 0.0434. The second-order valence-electron chi connectivity index (χ2n) is 6.23. The molecule has 0 amide bonds. The summed E-state index contributed by atoms with van der Waals surface area (Å²) in [6.45, 7) is 1.86. The van der Waals surface area contributed by atoms with E-state index in [1.165, 1.54) is 0 Å². The van der Waals surface area contributed by atoms with Gasteiger partial charge in [-0.3, -0.25) is 0 Å². The van der Waals surface area contributed by atoms with Crippen LogP contribution in [0.1, 0.15) is 27.0 Å². The van der Waals surface area contributed by atoms with Crippen molar-refractivity contribution in [2.24, 2.45) is 0 Å². The van der Waals surface area contributed by atoms with Gasteiger partial charge in [0, 0.05) is 26.6 Å². The summed E-state index contributed by atoms with van der Waals surface area (Å²) in [7, 11) is 0. The molecule has 6 nitrogen and oxygen atoms in total. The van der Waals surface area contributed by atoms with E-state index in [1.807, 2.05) is 24.4 Å². The molecule has 0 saturated carbocycles. The summed E-state index contributed by atoms with van der Waals surface area (Å²) in [5.41, 5.74) is 2.22. The van der Waals surface area contributed by atoms with E-state index in [2.05, 4.69) is 15.2 Å². The number of hydrogen-bond donors (Lipinski definition) is 0. The fourth-order valence-electron chi connectivity index (χ4n) is 2.61. The average Bonchev–Trinajstić information content (AvgIpc) is 3.40. The molecule has 2 aromatic carbocycles. The average molecular weight is 458 g/mol. The zero-order chi connectivity index (χ0) is 20.9. The number of thioether (sulfide) groups is 1. The molecular weight excluding hydrogens is 442 g/mol. The minimum absolute atomic E-state index is 0.107. The minimum atomic E-state index is -0.446. The lowest BCUT2D eigenvalue weighted by Crippen LogP contribution is -2.07. The van der Waals surface area contributed by atoms with Crippen LogP contribution in [-0.2, 0) is 17.1 Å². The summed E-state index contributed by atoms with van der Waals surface area (Å²) in [5.74, 6) is 0.797. The second kappa shape index (κ2) is 9.42. The normalized spacial score (nSPS) is 10.9. The molecule has 0 bridgehead atoms. The summed E-state index contributed by atoms with van der Waals surface area (Å²) in [5, 5.41) is 11.6. The molecule has 0 aliphatic heterocycles. The lowest BCUT2D eigenvalue weighted by atomic mass is 10.2. The molecule has 2 heterocycles. The highest BCUT2D eigenvalue weighted by Crippen LogP contribution is 2.27. The maximum atomic E-state index is 12.6. The number of carbonyl (C=O) groups is 1. The summed E-state index contributed by atoms with van der Waals surface area (Å²) < 4.78 is 11.0. The molecule has 0 aliphatic rings. The Morgan fingerprint density at radius 2 is 1.97 bits per heavy atom. The first-order chi connectivity index (χ1) is 14.6. The van der Waals surface area contributed by atoms with Crippen LogP contribution in [0.2, 0.25) is 5.02 Å². The fraction of sp³-hybridized carbons (Fsp3) is 0.143. The predicted molar refractivity (Wildman–Crippen MR) is 117 cm³/mol. The number of nitrogens with zero attached hydrogens (tertiary/aromatic N) is 3. The van der Waals surface area contributed by atoms with Crippen LogP contribution in [0, 0.1) is 6.92 Å². The Kier molecular flexibility index (Phi) is 6.47. The van der Waals surface area contributed by atoms with Gasteiger partial charge in [-0.1, -0.05) is 23.7 Å². The zero-order valence-corrected chi connectivity index (χ0v) is 18.3. The van der Waals surface area contributed by atoms with E-state index in [1.54, 1.807) is 59.5 Å². The number of esters is 1. The molecule has 9 heteroatoms. The van der Waals surface area contributed by atoms with Gasteiger partial charge in [0.15, 0.2) is 6.61 Å². The Balaban J connectivity index is 1.39. The first kappa shape index (κ1) is 20.6. The summed E-state index contributed by atoms with van der Waals surface area (Å²) in [6.07, 6.45) is 0. The van der Waals surface area contributed by atoms with Crippen molar-refractivity contribution in [2.75, 3.05) is 0 Å². The van der Waals surface area contributed by atoms with Crippen molar-refractivity contribution in [3.63, 3.8) is 0 Å². The molecule has 4 aromatic rings. The fourth-order valence-corrected chi connectivity index (χ4v) is 4.39. The van der Waals surface area contributed by atoms with Crippen molar-refractivity contribution in [3.8, 4) is 11.5 Å². The van der Waals surface area contributed by atoms with Gasteiger partial charge in [-0.2, -0.15) is 0 Å². The summed E-state index contributed by atoms with van der Waals surface area (Å²) in [4.78, 5) is 17.9. The highest BCUT2D eigenvalue weighted by atomic mass is 35.5. The Hall–Kier alpha value is -2.68. The number of ether oxygens (including phenoxy) is 1. The first-order valence-electron chi connectivity index (χ1n) is 8.97. The van der Waals surface area contributed by atoms with Crippen LogP contribution in [-0.4, -0.2) is 21.2 Å². The van der Waals surface area contributed by atoms with Gasteiger partial charge in [0.25, 0.3) is 5.89 Å². The largest absolute Gasteiger partial charge is 0.452 e. The number of carbonyl (C=O) groups excluding carboxylic acids is 1. The minimum Gasteiger partial charge on any atom is -0.452 e. The molecule has 0 saturated heterocycles. The van der Waals surface area contributed by atoms with Crippen LogP contribution < -0.4 is 0 Å². The van der Waals surface area contributed by atoms with Crippen molar-refractivity contribution < 1.29 is 13.9 Å². The van der Waals surface area contributed by atoms with Crippen LogP contribution in [0.15, 0.2) is 63.2 Å². The quantitative estimate of drug-likeness (QED) is 0.256. The zero-order valence-electron chi connectivity index (χ0n) is 15.9. The monoisotopic (exact) mass is 457 g/mol. The van der Waals surface area contributed by atoms with E-state index in [-0.39, 0.29) is 12.5 Å². The number of thiazole rings is 1. The highest BCUT2D eigenvalue weighted by molar-refractivity contribution is 7.98. The first-order valence-corrected chi connectivity index (χ1v) is 11.2. The van der Waals surface area contributed by atoms with Gasteiger partial charge in [-0.25, -0.2) is 9.78 Å². The molecule has 30 heavy (non-hydrogen) atoms. The molecule has 0 N–H and O–H groups in total. The van der Waals surface area contributed by atoms with Gasteiger partial charge >= 0.3 is 5.97 Å². The van der Waals surface area contributed by atoms with Crippen molar-refractivity contribution in [1.82, 2.24) is 15.2 Å². The Morgan fingerprint density at radius 3 is 2.73 bits per heavy atom. The van der Waals surface area contributed by atoms with Gasteiger partial charge in [0.1, 0.15) is 0 Å². The number of hydrogen-bond acceptors (Lipinski definition) is 8. The molecule has 152 valence electrons. The molecule has 0 aliphatic carbocycles. The van der Waals surface area contributed by atoms with Crippen molar-refractivity contribution in [3.05, 3.63) is 81.1 Å². The molecule has 2 aromatic heterocycles. The van der Waals surface area contributed by atoms with Gasteiger partial charge in [-0.05, 0) is 43.3 Å². The smallest absolute Gasteiger partial charge is 0.339 e. The molecular formula is C21H16ClN3O3S2. The van der Waals surface area contributed by atoms with E-state index in [0.29, 0.717) is 22.2 Å². The number of aromatic nitrogens is 3. The van der Waals surface area contributed by atoms with Gasteiger partial charge in [-0.15, -0.1) is 33.3 Å². The van der Waals surface area contributed by atoms with Gasteiger partial charge < -0.3 is 9.15 Å². The van der Waals surface area contributed by atoms with E-state index in [9.17, 15) is 4.79 Å². The molecule has 0 fully saturated rings. The predicted octanol–water partition coefficient (Wildman–Crippen LogP) is 5.80. The standard InChI is InChI=1S/C21H16ClN3O3S2/c1-13-23-16(11-29-13)12-30-18-5-3-2-4-17(18)21(26)27-10-19-24-25-20(28-19)14-6-8-15(22)9-7-14/h2-9,11H,10,12H2,1H3. The van der Waals surface area contributed by atoms with E-state index in [4.69, 9.17) is 20.8 Å². The topological polar surface area (TPSA) is 78.1 Å². The SMILES string of the molecule is Cc1nc(CSc2ccccc2C(=O)OCc2nnc(-c3ccc(Cl)cc3)o2)cs1. The van der Waals surface area contributed by atoms with Crippen LogP contribution in [0.25, 0.3) is 11.5 Å². The Labute approximate surface area is 186 Å². The number of aryl methyl sites for hydroxylation is 1. The molecule has 0 unspecified atom stereocenters. The van der Waals surface area contributed by atoms with Crippen LogP contribution in [0.5, 0.6) is 0 Å². The number of rotatable bonds is 7. The highest BCUT2D eigenvalue weighted by Gasteiger charge is 2.16. The van der Waals surface area contributed by atoms with Crippen LogP contribution in [0.4, 0.5) is 0 Å². The van der Waals surface area contributed by atoms with Crippen molar-refractivity contribution >= 4 is 40.7 Å². The third-order valence-electron chi connectivity index (χ3n) is 4.03. The third-order valence-corrected chi connectivity index (χ3v) is 6.22. The lowest BCUT2D eigenvalue weighted by Gasteiger charge is -2.07. The van der Waals surface area contributed by atoms with Crippen molar-refractivity contribution in [1.29, 1.82) is 0 Å². The van der Waals surface area contributed by atoms with Crippen LogP contribution in [0.3, 0.4) is 0 Å². The third kappa shape index (κ3) is 5.08. The number of benzene rings is 2. The van der Waals surface area contributed by atoms with Gasteiger partial charge in [0.05, 0.1) is 16.3 Å².